The molecule has 0 unspecified atom stereocenters. The molecule has 0 saturated heterocycles. The van der Waals surface area contributed by atoms with E-state index in [0.29, 0.717) is 5.41 Å². The summed E-state index contributed by atoms with van der Waals surface area (Å²) in [4.78, 5) is 0. The Labute approximate surface area is 101 Å². The van der Waals surface area contributed by atoms with Gasteiger partial charge in [0.05, 0.1) is 0 Å². The first-order valence-corrected chi connectivity index (χ1v) is 6.45. The molecule has 1 aromatic carbocycles. The van der Waals surface area contributed by atoms with Crippen LogP contribution in [0.5, 0.6) is 0 Å². The van der Waals surface area contributed by atoms with Gasteiger partial charge in [0, 0.05) is 8.41 Å². The molecule has 1 spiro atoms. The lowest BCUT2D eigenvalue weighted by molar-refractivity contribution is 0.162. The van der Waals surface area contributed by atoms with Gasteiger partial charge >= 0.3 is 0 Å². The van der Waals surface area contributed by atoms with E-state index in [0.717, 1.165) is 0 Å². The number of fused-ring (bicyclic) bond motifs is 1. The predicted octanol–water partition coefficient (Wildman–Crippen LogP) is 3.75. The third-order valence-corrected chi connectivity index (χ3v) is 4.52. The third kappa shape index (κ3) is 2.05. The van der Waals surface area contributed by atoms with E-state index in [1.807, 2.05) is 0 Å². The molecule has 0 aliphatic heterocycles. The lowest BCUT2D eigenvalue weighted by Crippen LogP contribution is -2.31. The number of rotatable bonds is 0. The van der Waals surface area contributed by atoms with Crippen LogP contribution in [-0.4, -0.2) is 8.41 Å². The standard InChI is InChI=1S/C15H20.B/c1-4-9-15(10-5-1)11-8-13-6-2-3-7-14(13)12-15;/h2-3,6-7H,1,4-5,8-12H2;. The topological polar surface area (TPSA) is 0 Å². The zero-order valence-corrected chi connectivity index (χ0v) is 10.0. The molecule has 0 nitrogen and oxygen atoms in total. The molecule has 0 amide bonds. The van der Waals surface area contributed by atoms with Gasteiger partial charge in [-0.3, -0.25) is 0 Å². The largest absolute Gasteiger partial charge is 0.0620 e. The third-order valence-electron chi connectivity index (χ3n) is 4.52. The summed E-state index contributed by atoms with van der Waals surface area (Å²) in [6.45, 7) is 0. The first kappa shape index (κ1) is 11.8. The summed E-state index contributed by atoms with van der Waals surface area (Å²) in [6.07, 6.45) is 11.5. The minimum atomic E-state index is 0. The van der Waals surface area contributed by atoms with E-state index in [4.69, 9.17) is 0 Å². The second-order valence-electron chi connectivity index (χ2n) is 5.51. The van der Waals surface area contributed by atoms with Crippen molar-refractivity contribution in [3.8, 4) is 0 Å². The molecular formula is C15H20B. The Morgan fingerprint density at radius 2 is 1.50 bits per heavy atom. The van der Waals surface area contributed by atoms with Crippen molar-refractivity contribution >= 4 is 8.41 Å². The smallest absolute Gasteiger partial charge is 0 e. The molecule has 1 heteroatoms. The Hall–Kier alpha value is -0.715. The fraction of sp³-hybridized carbons (Fsp3) is 0.600. The molecule has 0 N–H and O–H groups in total. The van der Waals surface area contributed by atoms with Crippen molar-refractivity contribution in [3.63, 3.8) is 0 Å². The lowest BCUT2D eigenvalue weighted by atomic mass is 9.64. The number of hydrogen-bond acceptors (Lipinski definition) is 0. The second kappa shape index (κ2) is 4.65. The van der Waals surface area contributed by atoms with E-state index in [1.54, 1.807) is 11.1 Å². The van der Waals surface area contributed by atoms with Gasteiger partial charge in [-0.25, -0.2) is 0 Å². The van der Waals surface area contributed by atoms with Crippen LogP contribution >= 0.6 is 0 Å². The zero-order valence-electron chi connectivity index (χ0n) is 10.0. The maximum absolute atomic E-state index is 2.35. The van der Waals surface area contributed by atoms with Crippen molar-refractivity contribution in [1.82, 2.24) is 0 Å². The molecule has 0 heterocycles. The molecule has 83 valence electrons. The van der Waals surface area contributed by atoms with E-state index < -0.39 is 0 Å². The molecule has 1 fully saturated rings. The van der Waals surface area contributed by atoms with Crippen LogP contribution in [0.25, 0.3) is 0 Å². The Kier molecular flexibility index (Phi) is 3.42. The highest BCUT2D eigenvalue weighted by Crippen LogP contribution is 2.46. The zero-order chi connectivity index (χ0) is 10.1. The van der Waals surface area contributed by atoms with Gasteiger partial charge in [0.2, 0.25) is 0 Å². The van der Waals surface area contributed by atoms with Gasteiger partial charge in [-0.05, 0) is 48.6 Å². The first-order chi connectivity index (χ1) is 7.38. The van der Waals surface area contributed by atoms with Gasteiger partial charge in [0.15, 0.2) is 0 Å². The van der Waals surface area contributed by atoms with Crippen LogP contribution < -0.4 is 0 Å². The Morgan fingerprint density at radius 3 is 2.25 bits per heavy atom. The summed E-state index contributed by atoms with van der Waals surface area (Å²) in [6, 6.07) is 9.08. The Morgan fingerprint density at radius 1 is 0.812 bits per heavy atom. The van der Waals surface area contributed by atoms with E-state index in [2.05, 4.69) is 24.3 Å². The Bertz CT molecular complexity index is 350. The molecule has 1 saturated carbocycles. The number of benzene rings is 1. The summed E-state index contributed by atoms with van der Waals surface area (Å²) >= 11 is 0. The monoisotopic (exact) mass is 211 g/mol. The van der Waals surface area contributed by atoms with Crippen LogP contribution in [0.4, 0.5) is 0 Å². The molecule has 16 heavy (non-hydrogen) atoms. The van der Waals surface area contributed by atoms with Crippen LogP contribution in [0, 0.1) is 5.41 Å². The van der Waals surface area contributed by atoms with E-state index in [9.17, 15) is 0 Å². The van der Waals surface area contributed by atoms with Crippen LogP contribution in [0.1, 0.15) is 49.7 Å². The molecule has 0 atom stereocenters. The maximum atomic E-state index is 2.35. The van der Waals surface area contributed by atoms with Crippen LogP contribution in [-0.2, 0) is 12.8 Å². The molecular weight excluding hydrogens is 191 g/mol. The van der Waals surface area contributed by atoms with Gasteiger partial charge in [-0.15, -0.1) is 0 Å². The molecule has 0 bridgehead atoms. The molecule has 2 aliphatic carbocycles. The summed E-state index contributed by atoms with van der Waals surface area (Å²) in [5.74, 6) is 0. The molecule has 1 aromatic rings. The van der Waals surface area contributed by atoms with Crippen molar-refractivity contribution in [2.75, 3.05) is 0 Å². The lowest BCUT2D eigenvalue weighted by Gasteiger charge is -2.41. The SMILES string of the molecule is [B].c1ccc2c(c1)CCC1(CCCCC1)C2. The van der Waals surface area contributed by atoms with Crippen molar-refractivity contribution in [3.05, 3.63) is 35.4 Å². The van der Waals surface area contributed by atoms with Crippen molar-refractivity contribution in [2.24, 2.45) is 5.41 Å². The summed E-state index contributed by atoms with van der Waals surface area (Å²) in [5.41, 5.74) is 3.96. The second-order valence-corrected chi connectivity index (χ2v) is 5.51. The van der Waals surface area contributed by atoms with Crippen LogP contribution in [0.2, 0.25) is 0 Å². The highest BCUT2D eigenvalue weighted by atomic mass is 14.4. The number of hydrogen-bond donors (Lipinski definition) is 0. The maximum Gasteiger partial charge on any atom is 0 e. The quantitative estimate of drug-likeness (QED) is 0.573. The average Bonchev–Trinajstić information content (AvgIpc) is 2.30. The summed E-state index contributed by atoms with van der Waals surface area (Å²) in [5, 5.41) is 0. The molecule has 2 aliphatic rings. The highest BCUT2D eigenvalue weighted by molar-refractivity contribution is 5.75. The molecule has 0 aromatic heterocycles. The van der Waals surface area contributed by atoms with Crippen LogP contribution in [0.15, 0.2) is 24.3 Å². The first-order valence-electron chi connectivity index (χ1n) is 6.45. The van der Waals surface area contributed by atoms with E-state index in [-0.39, 0.29) is 8.41 Å². The minimum absolute atomic E-state index is 0. The molecule has 3 rings (SSSR count). The fourth-order valence-corrected chi connectivity index (χ4v) is 3.59. The average molecular weight is 211 g/mol. The Balaban J connectivity index is 0.000000963. The van der Waals surface area contributed by atoms with Gasteiger partial charge in [0.25, 0.3) is 0 Å². The van der Waals surface area contributed by atoms with Gasteiger partial charge in [-0.2, -0.15) is 0 Å². The van der Waals surface area contributed by atoms with Gasteiger partial charge in [0.1, 0.15) is 0 Å². The van der Waals surface area contributed by atoms with Crippen molar-refractivity contribution in [1.29, 1.82) is 0 Å². The van der Waals surface area contributed by atoms with Crippen molar-refractivity contribution < 1.29 is 0 Å². The summed E-state index contributed by atoms with van der Waals surface area (Å²) < 4.78 is 0. The summed E-state index contributed by atoms with van der Waals surface area (Å²) in [7, 11) is 0. The highest BCUT2D eigenvalue weighted by Gasteiger charge is 2.34. The molecule has 3 radical (unpaired) electrons. The normalized spacial score (nSPS) is 22.2. The number of aryl methyl sites for hydroxylation is 1. The van der Waals surface area contributed by atoms with Gasteiger partial charge < -0.3 is 0 Å². The fourth-order valence-electron chi connectivity index (χ4n) is 3.59. The van der Waals surface area contributed by atoms with E-state index >= 15 is 0 Å². The van der Waals surface area contributed by atoms with Crippen molar-refractivity contribution in [2.45, 2.75) is 51.4 Å². The predicted molar refractivity (Wildman–Crippen MR) is 69.7 cm³/mol. The van der Waals surface area contributed by atoms with Gasteiger partial charge in [-0.1, -0.05) is 43.5 Å². The minimum Gasteiger partial charge on any atom is -0.0620 e. The van der Waals surface area contributed by atoms with E-state index in [1.165, 1.54) is 51.4 Å². The van der Waals surface area contributed by atoms with Crippen LogP contribution in [0.3, 0.4) is 0 Å².